The van der Waals surface area contributed by atoms with E-state index in [9.17, 15) is 4.79 Å². The van der Waals surface area contributed by atoms with E-state index in [4.69, 9.17) is 5.73 Å². The van der Waals surface area contributed by atoms with Crippen molar-refractivity contribution in [3.05, 3.63) is 29.8 Å². The number of para-hydroxylation sites is 1. The quantitative estimate of drug-likeness (QED) is 0.558. The molecule has 106 valence electrons. The van der Waals surface area contributed by atoms with Crippen molar-refractivity contribution >= 4 is 11.6 Å². The summed E-state index contributed by atoms with van der Waals surface area (Å²) in [5, 5.41) is 2.91. The molecule has 1 aromatic carbocycles. The molecule has 0 aliphatic rings. The van der Waals surface area contributed by atoms with Gasteiger partial charge in [0.1, 0.15) is 0 Å². The van der Waals surface area contributed by atoms with Gasteiger partial charge in [0.2, 0.25) is 0 Å². The standard InChI is InChI=1S/C15H25N3O/c1-3-18(4-2)12-8-7-11-17-15(19)13-9-5-6-10-14(13)16/h5-6,9-10H,3-4,7-8,11-12,16H2,1-2H3,(H,17,19). The first-order chi connectivity index (χ1) is 9.19. The van der Waals surface area contributed by atoms with Gasteiger partial charge in [0.05, 0.1) is 5.56 Å². The molecule has 0 saturated carbocycles. The van der Waals surface area contributed by atoms with E-state index in [-0.39, 0.29) is 5.91 Å². The summed E-state index contributed by atoms with van der Waals surface area (Å²) in [4.78, 5) is 14.3. The van der Waals surface area contributed by atoms with Crippen LogP contribution >= 0.6 is 0 Å². The molecule has 0 unspecified atom stereocenters. The highest BCUT2D eigenvalue weighted by molar-refractivity contribution is 5.98. The number of hydrogen-bond donors (Lipinski definition) is 2. The number of amides is 1. The fourth-order valence-electron chi connectivity index (χ4n) is 2.00. The zero-order valence-electron chi connectivity index (χ0n) is 12.0. The summed E-state index contributed by atoms with van der Waals surface area (Å²) >= 11 is 0. The predicted molar refractivity (Wildman–Crippen MR) is 80.2 cm³/mol. The number of benzene rings is 1. The van der Waals surface area contributed by atoms with Crippen LogP contribution in [0.3, 0.4) is 0 Å². The number of carbonyl (C=O) groups excluding carboxylic acids is 1. The van der Waals surface area contributed by atoms with Crippen LogP contribution in [0.5, 0.6) is 0 Å². The minimum Gasteiger partial charge on any atom is -0.398 e. The fourth-order valence-corrected chi connectivity index (χ4v) is 2.00. The molecule has 0 atom stereocenters. The molecule has 4 heteroatoms. The smallest absolute Gasteiger partial charge is 0.253 e. The van der Waals surface area contributed by atoms with Gasteiger partial charge in [0.15, 0.2) is 0 Å². The average Bonchev–Trinajstić information content (AvgIpc) is 2.43. The second-order valence-corrected chi connectivity index (χ2v) is 4.58. The molecule has 0 spiro atoms. The maximum atomic E-state index is 11.9. The van der Waals surface area contributed by atoms with E-state index in [0.29, 0.717) is 17.8 Å². The molecule has 0 aliphatic heterocycles. The molecule has 19 heavy (non-hydrogen) atoms. The molecule has 0 radical (unpaired) electrons. The van der Waals surface area contributed by atoms with Crippen molar-refractivity contribution in [2.75, 3.05) is 31.9 Å². The Balaban J connectivity index is 2.23. The number of anilines is 1. The molecule has 1 aromatic rings. The van der Waals surface area contributed by atoms with E-state index < -0.39 is 0 Å². The monoisotopic (exact) mass is 263 g/mol. The SMILES string of the molecule is CCN(CC)CCCCNC(=O)c1ccccc1N. The van der Waals surface area contributed by atoms with Gasteiger partial charge < -0.3 is 16.0 Å². The van der Waals surface area contributed by atoms with Gasteiger partial charge in [-0.15, -0.1) is 0 Å². The highest BCUT2D eigenvalue weighted by Gasteiger charge is 2.07. The van der Waals surface area contributed by atoms with E-state index in [1.54, 1.807) is 12.1 Å². The lowest BCUT2D eigenvalue weighted by molar-refractivity contribution is 0.0953. The molecule has 0 fully saturated rings. The van der Waals surface area contributed by atoms with Crippen molar-refractivity contribution in [3.8, 4) is 0 Å². The number of nitrogens with one attached hydrogen (secondary N) is 1. The topological polar surface area (TPSA) is 58.4 Å². The van der Waals surface area contributed by atoms with Crippen LogP contribution in [-0.2, 0) is 0 Å². The summed E-state index contributed by atoms with van der Waals surface area (Å²) in [7, 11) is 0. The van der Waals surface area contributed by atoms with E-state index in [2.05, 4.69) is 24.1 Å². The summed E-state index contributed by atoms with van der Waals surface area (Å²) in [6.45, 7) is 8.31. The molecular formula is C15H25N3O. The first-order valence-corrected chi connectivity index (χ1v) is 7.04. The van der Waals surface area contributed by atoms with Crippen LogP contribution in [0, 0.1) is 0 Å². The first-order valence-electron chi connectivity index (χ1n) is 7.04. The Morgan fingerprint density at radius 3 is 2.53 bits per heavy atom. The average molecular weight is 263 g/mol. The lowest BCUT2D eigenvalue weighted by atomic mass is 10.1. The number of hydrogen-bond acceptors (Lipinski definition) is 3. The Hall–Kier alpha value is -1.55. The summed E-state index contributed by atoms with van der Waals surface area (Å²) in [5.74, 6) is -0.0825. The molecule has 0 bridgehead atoms. The third-order valence-electron chi connectivity index (χ3n) is 3.29. The molecule has 0 saturated heterocycles. The van der Waals surface area contributed by atoms with Crippen molar-refractivity contribution < 1.29 is 4.79 Å². The van der Waals surface area contributed by atoms with Gasteiger partial charge in [-0.1, -0.05) is 26.0 Å². The van der Waals surface area contributed by atoms with Gasteiger partial charge in [-0.05, 0) is 44.6 Å². The Labute approximate surface area is 116 Å². The van der Waals surface area contributed by atoms with Crippen molar-refractivity contribution in [2.45, 2.75) is 26.7 Å². The Bertz CT molecular complexity index is 389. The van der Waals surface area contributed by atoms with Crippen LogP contribution in [0.2, 0.25) is 0 Å². The highest BCUT2D eigenvalue weighted by Crippen LogP contribution is 2.09. The second kappa shape index (κ2) is 8.53. The maximum absolute atomic E-state index is 11.9. The molecule has 4 nitrogen and oxygen atoms in total. The number of rotatable bonds is 8. The van der Waals surface area contributed by atoms with Gasteiger partial charge in [-0.2, -0.15) is 0 Å². The van der Waals surface area contributed by atoms with Crippen molar-refractivity contribution in [1.29, 1.82) is 0 Å². The summed E-state index contributed by atoms with van der Waals surface area (Å²) in [5.41, 5.74) is 6.85. The number of unbranched alkanes of at least 4 members (excludes halogenated alkanes) is 1. The minimum absolute atomic E-state index is 0.0825. The van der Waals surface area contributed by atoms with Gasteiger partial charge in [0, 0.05) is 12.2 Å². The van der Waals surface area contributed by atoms with Crippen LogP contribution in [0.1, 0.15) is 37.0 Å². The molecule has 3 N–H and O–H groups in total. The minimum atomic E-state index is -0.0825. The van der Waals surface area contributed by atoms with Crippen molar-refractivity contribution in [3.63, 3.8) is 0 Å². The van der Waals surface area contributed by atoms with Gasteiger partial charge in [0.25, 0.3) is 5.91 Å². The number of carbonyl (C=O) groups is 1. The highest BCUT2D eigenvalue weighted by atomic mass is 16.1. The van der Waals surface area contributed by atoms with Crippen LogP contribution in [-0.4, -0.2) is 37.0 Å². The maximum Gasteiger partial charge on any atom is 0.253 e. The Kier molecular flexibility index (Phi) is 6.97. The summed E-state index contributed by atoms with van der Waals surface area (Å²) in [6.07, 6.45) is 2.10. The van der Waals surface area contributed by atoms with Crippen LogP contribution < -0.4 is 11.1 Å². The second-order valence-electron chi connectivity index (χ2n) is 4.58. The van der Waals surface area contributed by atoms with Crippen molar-refractivity contribution in [1.82, 2.24) is 10.2 Å². The zero-order chi connectivity index (χ0) is 14.1. The molecule has 1 amide bonds. The molecule has 0 aliphatic carbocycles. The lowest BCUT2D eigenvalue weighted by Gasteiger charge is -2.17. The summed E-state index contributed by atoms with van der Waals surface area (Å²) in [6, 6.07) is 7.15. The van der Waals surface area contributed by atoms with Crippen LogP contribution in [0.15, 0.2) is 24.3 Å². The molecular weight excluding hydrogens is 238 g/mol. The van der Waals surface area contributed by atoms with E-state index >= 15 is 0 Å². The number of nitrogen functional groups attached to an aromatic ring is 1. The Morgan fingerprint density at radius 1 is 1.21 bits per heavy atom. The van der Waals surface area contributed by atoms with E-state index in [1.807, 2.05) is 12.1 Å². The third-order valence-corrected chi connectivity index (χ3v) is 3.29. The Morgan fingerprint density at radius 2 is 1.89 bits per heavy atom. The van der Waals surface area contributed by atoms with Crippen LogP contribution in [0.25, 0.3) is 0 Å². The molecule has 1 rings (SSSR count). The predicted octanol–water partition coefficient (Wildman–Crippen LogP) is 2.12. The van der Waals surface area contributed by atoms with Crippen molar-refractivity contribution in [2.24, 2.45) is 0 Å². The lowest BCUT2D eigenvalue weighted by Crippen LogP contribution is -2.27. The fraction of sp³-hybridized carbons (Fsp3) is 0.533. The number of nitrogens with two attached hydrogens (primary N) is 1. The normalized spacial score (nSPS) is 10.7. The van der Waals surface area contributed by atoms with Gasteiger partial charge in [-0.25, -0.2) is 0 Å². The zero-order valence-corrected chi connectivity index (χ0v) is 12.0. The van der Waals surface area contributed by atoms with E-state index in [1.165, 1.54) is 0 Å². The summed E-state index contributed by atoms with van der Waals surface area (Å²) < 4.78 is 0. The third kappa shape index (κ3) is 5.30. The van der Waals surface area contributed by atoms with Gasteiger partial charge >= 0.3 is 0 Å². The van der Waals surface area contributed by atoms with Crippen LogP contribution in [0.4, 0.5) is 5.69 Å². The first kappa shape index (κ1) is 15.5. The van der Waals surface area contributed by atoms with E-state index in [0.717, 1.165) is 32.5 Å². The molecule has 0 heterocycles. The van der Waals surface area contributed by atoms with Gasteiger partial charge in [-0.3, -0.25) is 4.79 Å². The molecule has 0 aromatic heterocycles. The largest absolute Gasteiger partial charge is 0.398 e. The number of nitrogens with zero attached hydrogens (tertiary/aromatic N) is 1.